The molecule has 1 aromatic rings. The lowest BCUT2D eigenvalue weighted by Crippen LogP contribution is -2.18. The molecule has 0 fully saturated rings. The number of nitrogens with zero attached hydrogens (tertiary/aromatic N) is 1. The van der Waals surface area contributed by atoms with E-state index in [1.54, 1.807) is 12.4 Å². The van der Waals surface area contributed by atoms with Gasteiger partial charge in [0.15, 0.2) is 0 Å². The summed E-state index contributed by atoms with van der Waals surface area (Å²) in [6, 6.07) is 1.91. The molecule has 0 aromatic carbocycles. The molecule has 72 valence electrons. The highest BCUT2D eigenvalue weighted by molar-refractivity contribution is 5.48. The van der Waals surface area contributed by atoms with Crippen LogP contribution in [0.4, 0.5) is 5.69 Å². The second-order valence-corrected chi connectivity index (χ2v) is 3.13. The summed E-state index contributed by atoms with van der Waals surface area (Å²) in [4.78, 5) is 3.99. The zero-order valence-corrected chi connectivity index (χ0v) is 8.12. The summed E-state index contributed by atoms with van der Waals surface area (Å²) >= 11 is 0. The maximum atomic E-state index is 9.33. The Kier molecular flexibility index (Phi) is 3.71. The van der Waals surface area contributed by atoms with Crippen molar-refractivity contribution in [3.63, 3.8) is 0 Å². The van der Waals surface area contributed by atoms with Gasteiger partial charge in [0, 0.05) is 24.6 Å². The summed E-state index contributed by atoms with van der Waals surface area (Å²) in [5.41, 5.74) is 2.15. The van der Waals surface area contributed by atoms with Crippen LogP contribution in [0, 0.1) is 6.92 Å². The largest absolute Gasteiger partial charge is 0.391 e. The van der Waals surface area contributed by atoms with E-state index >= 15 is 0 Å². The third-order valence-corrected chi connectivity index (χ3v) is 2.02. The van der Waals surface area contributed by atoms with Gasteiger partial charge in [-0.2, -0.15) is 0 Å². The lowest BCUT2D eigenvalue weighted by atomic mass is 10.2. The minimum atomic E-state index is -0.271. The van der Waals surface area contributed by atoms with Crippen LogP contribution in [0.1, 0.15) is 18.9 Å². The molecule has 3 nitrogen and oxygen atoms in total. The number of hydrogen-bond donors (Lipinski definition) is 2. The van der Waals surface area contributed by atoms with Gasteiger partial charge in [-0.3, -0.25) is 4.98 Å². The molecule has 0 aliphatic heterocycles. The molecule has 0 saturated carbocycles. The second kappa shape index (κ2) is 4.82. The third-order valence-electron chi connectivity index (χ3n) is 2.02. The molecule has 1 atom stereocenters. The Balaban J connectivity index is 2.50. The van der Waals surface area contributed by atoms with E-state index in [9.17, 15) is 5.11 Å². The highest BCUT2D eigenvalue weighted by atomic mass is 16.3. The molecule has 0 saturated heterocycles. The van der Waals surface area contributed by atoms with E-state index in [4.69, 9.17) is 0 Å². The van der Waals surface area contributed by atoms with Gasteiger partial charge in [0.2, 0.25) is 0 Å². The minimum absolute atomic E-state index is 0.271. The lowest BCUT2D eigenvalue weighted by Gasteiger charge is -2.11. The normalized spacial score (nSPS) is 12.5. The Labute approximate surface area is 78.8 Å². The van der Waals surface area contributed by atoms with Gasteiger partial charge in [-0.25, -0.2) is 0 Å². The van der Waals surface area contributed by atoms with Crippen molar-refractivity contribution in [1.29, 1.82) is 0 Å². The van der Waals surface area contributed by atoms with Crippen molar-refractivity contribution in [2.24, 2.45) is 0 Å². The Morgan fingerprint density at radius 2 is 2.38 bits per heavy atom. The molecule has 0 bridgehead atoms. The number of aryl methyl sites for hydroxylation is 1. The predicted molar refractivity (Wildman–Crippen MR) is 53.8 cm³/mol. The fourth-order valence-corrected chi connectivity index (χ4v) is 1.04. The maximum absolute atomic E-state index is 9.33. The van der Waals surface area contributed by atoms with Gasteiger partial charge in [0.25, 0.3) is 0 Å². The smallest absolute Gasteiger partial charge is 0.0709 e. The van der Waals surface area contributed by atoms with Gasteiger partial charge in [-0.15, -0.1) is 0 Å². The van der Waals surface area contributed by atoms with Gasteiger partial charge in [0.1, 0.15) is 0 Å². The van der Waals surface area contributed by atoms with E-state index in [-0.39, 0.29) is 6.10 Å². The van der Waals surface area contributed by atoms with Crippen LogP contribution in [0.15, 0.2) is 18.5 Å². The number of nitrogens with one attached hydrogen (secondary N) is 1. The first-order chi connectivity index (χ1) is 6.24. The molecular formula is C10H16N2O. The molecule has 0 aliphatic carbocycles. The van der Waals surface area contributed by atoms with Crippen molar-refractivity contribution in [2.75, 3.05) is 11.9 Å². The first-order valence-electron chi connectivity index (χ1n) is 4.56. The number of pyridine rings is 1. The summed E-state index contributed by atoms with van der Waals surface area (Å²) in [7, 11) is 0. The van der Waals surface area contributed by atoms with E-state index in [0.717, 1.165) is 17.7 Å². The van der Waals surface area contributed by atoms with Gasteiger partial charge >= 0.3 is 0 Å². The molecule has 2 N–H and O–H groups in total. The summed E-state index contributed by atoms with van der Waals surface area (Å²) in [6.45, 7) is 4.56. The topological polar surface area (TPSA) is 45.1 Å². The Hall–Kier alpha value is -1.09. The second-order valence-electron chi connectivity index (χ2n) is 3.13. The predicted octanol–water partition coefficient (Wildman–Crippen LogP) is 1.57. The molecule has 13 heavy (non-hydrogen) atoms. The monoisotopic (exact) mass is 180 g/mol. The van der Waals surface area contributed by atoms with E-state index in [1.165, 1.54) is 0 Å². The number of rotatable bonds is 4. The van der Waals surface area contributed by atoms with Gasteiger partial charge in [-0.05, 0) is 25.0 Å². The fourth-order valence-electron chi connectivity index (χ4n) is 1.04. The van der Waals surface area contributed by atoms with Crippen molar-refractivity contribution >= 4 is 5.69 Å². The van der Waals surface area contributed by atoms with Crippen molar-refractivity contribution < 1.29 is 5.11 Å². The van der Waals surface area contributed by atoms with E-state index < -0.39 is 0 Å². The number of aliphatic hydroxyl groups excluding tert-OH is 1. The quantitative estimate of drug-likeness (QED) is 0.739. The van der Waals surface area contributed by atoms with E-state index in [1.807, 2.05) is 19.9 Å². The fraction of sp³-hybridized carbons (Fsp3) is 0.500. The highest BCUT2D eigenvalue weighted by Crippen LogP contribution is 2.11. The number of anilines is 1. The molecule has 1 unspecified atom stereocenters. The van der Waals surface area contributed by atoms with Crippen LogP contribution in [-0.4, -0.2) is 22.7 Å². The summed E-state index contributed by atoms with van der Waals surface area (Å²) in [5, 5.41) is 12.5. The van der Waals surface area contributed by atoms with Crippen LogP contribution in [0.2, 0.25) is 0 Å². The summed E-state index contributed by atoms with van der Waals surface area (Å²) in [5.74, 6) is 0. The highest BCUT2D eigenvalue weighted by Gasteiger charge is 2.01. The lowest BCUT2D eigenvalue weighted by molar-refractivity contribution is 0.183. The third kappa shape index (κ3) is 3.03. The molecule has 1 heterocycles. The zero-order chi connectivity index (χ0) is 9.68. The molecule has 0 aliphatic rings. The van der Waals surface area contributed by atoms with Crippen LogP contribution in [0.5, 0.6) is 0 Å². The van der Waals surface area contributed by atoms with Crippen LogP contribution in [0.25, 0.3) is 0 Å². The maximum Gasteiger partial charge on any atom is 0.0709 e. The first kappa shape index (κ1) is 9.99. The number of aromatic nitrogens is 1. The summed E-state index contributed by atoms with van der Waals surface area (Å²) in [6.07, 6.45) is 4.05. The first-order valence-corrected chi connectivity index (χ1v) is 4.56. The Morgan fingerprint density at radius 1 is 1.62 bits per heavy atom. The minimum Gasteiger partial charge on any atom is -0.391 e. The van der Waals surface area contributed by atoms with Crippen molar-refractivity contribution in [3.8, 4) is 0 Å². The molecular weight excluding hydrogens is 164 g/mol. The standard InChI is InChI=1S/C10H16N2O/c1-3-9(13)7-12-10-4-5-11-6-8(10)2/h4-6,9,13H,3,7H2,1-2H3,(H,11,12). The number of aliphatic hydroxyl groups is 1. The average Bonchev–Trinajstić information content (AvgIpc) is 2.16. The Bertz CT molecular complexity index is 263. The zero-order valence-electron chi connectivity index (χ0n) is 8.12. The summed E-state index contributed by atoms with van der Waals surface area (Å²) < 4.78 is 0. The van der Waals surface area contributed by atoms with Crippen LogP contribution in [0.3, 0.4) is 0 Å². The van der Waals surface area contributed by atoms with Crippen LogP contribution in [-0.2, 0) is 0 Å². The van der Waals surface area contributed by atoms with Crippen molar-refractivity contribution in [3.05, 3.63) is 24.0 Å². The van der Waals surface area contributed by atoms with Crippen molar-refractivity contribution in [2.45, 2.75) is 26.4 Å². The molecule has 0 spiro atoms. The van der Waals surface area contributed by atoms with Gasteiger partial charge < -0.3 is 10.4 Å². The average molecular weight is 180 g/mol. The molecule has 1 aromatic heterocycles. The van der Waals surface area contributed by atoms with Crippen LogP contribution < -0.4 is 5.32 Å². The van der Waals surface area contributed by atoms with E-state index in [0.29, 0.717) is 6.54 Å². The molecule has 1 rings (SSSR count). The molecule has 3 heteroatoms. The van der Waals surface area contributed by atoms with Gasteiger partial charge in [-0.1, -0.05) is 6.92 Å². The van der Waals surface area contributed by atoms with Gasteiger partial charge in [0.05, 0.1) is 6.10 Å². The molecule has 0 radical (unpaired) electrons. The molecule has 0 amide bonds. The van der Waals surface area contributed by atoms with E-state index in [2.05, 4.69) is 10.3 Å². The number of hydrogen-bond acceptors (Lipinski definition) is 3. The van der Waals surface area contributed by atoms with Crippen LogP contribution >= 0.6 is 0 Å². The Morgan fingerprint density at radius 3 is 3.00 bits per heavy atom. The SMILES string of the molecule is CCC(O)CNc1ccncc1C. The van der Waals surface area contributed by atoms with Crippen molar-refractivity contribution in [1.82, 2.24) is 4.98 Å².